The van der Waals surface area contributed by atoms with Gasteiger partial charge < -0.3 is 35.3 Å². The summed E-state index contributed by atoms with van der Waals surface area (Å²) in [6.45, 7) is 4.53. The molecule has 0 aliphatic rings. The lowest BCUT2D eigenvalue weighted by Gasteiger charge is -2.25. The number of nitrogen functional groups attached to an aromatic ring is 1. The Morgan fingerprint density at radius 1 is 1.03 bits per heavy atom. The molecule has 3 unspecified atom stereocenters. The molecule has 0 fully saturated rings. The fourth-order valence-corrected chi connectivity index (χ4v) is 4.35. The lowest BCUT2D eigenvalue weighted by molar-refractivity contribution is -0.153. The van der Waals surface area contributed by atoms with Crippen LogP contribution in [0.3, 0.4) is 0 Å². The number of aliphatic hydroxyl groups excluding tert-OH is 2. The van der Waals surface area contributed by atoms with Gasteiger partial charge in [-0.2, -0.15) is 0 Å². The molecule has 0 saturated heterocycles. The van der Waals surface area contributed by atoms with E-state index in [1.807, 2.05) is 6.92 Å². The third-order valence-corrected chi connectivity index (χ3v) is 6.28. The number of aryl methyl sites for hydroxylation is 1. The second kappa shape index (κ2) is 15.8. The van der Waals surface area contributed by atoms with Crippen molar-refractivity contribution in [3.8, 4) is 22.6 Å². The largest absolute Gasteiger partial charge is 0.504 e. The molecule has 5 N–H and O–H groups in total. The number of anilines is 1. The summed E-state index contributed by atoms with van der Waals surface area (Å²) in [5.74, 6) is -0.313. The molecule has 0 aliphatic carbocycles. The number of phenolic OH excluding ortho intramolecular Hbond substituents is 1. The first kappa shape index (κ1) is 30.9. The van der Waals surface area contributed by atoms with Crippen LogP contribution in [0, 0.1) is 5.92 Å². The van der Waals surface area contributed by atoms with Crippen LogP contribution in [0.1, 0.15) is 58.4 Å². The van der Waals surface area contributed by atoms with Crippen molar-refractivity contribution in [1.29, 1.82) is 0 Å². The number of ether oxygens (including phenoxy) is 3. The van der Waals surface area contributed by atoms with Gasteiger partial charge in [-0.15, -0.1) is 0 Å². The van der Waals surface area contributed by atoms with E-state index in [4.69, 9.17) is 25.1 Å². The number of benzene rings is 1. The van der Waals surface area contributed by atoms with Gasteiger partial charge in [-0.25, -0.2) is 4.98 Å². The number of pyridine rings is 1. The van der Waals surface area contributed by atoms with Gasteiger partial charge >= 0.3 is 11.9 Å². The van der Waals surface area contributed by atoms with Crippen LogP contribution in [0.25, 0.3) is 11.1 Å². The number of aromatic nitrogens is 1. The highest BCUT2D eigenvalue weighted by molar-refractivity contribution is 5.72. The molecule has 10 nitrogen and oxygen atoms in total. The van der Waals surface area contributed by atoms with Gasteiger partial charge in [-0.05, 0) is 72.6 Å². The Morgan fingerprint density at radius 2 is 1.71 bits per heavy atom. The Balaban J connectivity index is 2.31. The Kier molecular flexibility index (Phi) is 12.8. The van der Waals surface area contributed by atoms with Crippen molar-refractivity contribution in [2.45, 2.75) is 71.5 Å². The fourth-order valence-electron chi connectivity index (χ4n) is 4.35. The molecule has 2 rings (SSSR count). The second-order valence-electron chi connectivity index (χ2n) is 9.29. The van der Waals surface area contributed by atoms with E-state index in [1.165, 1.54) is 13.8 Å². The quantitative estimate of drug-likeness (QED) is 0.236. The van der Waals surface area contributed by atoms with Gasteiger partial charge in [0.15, 0.2) is 11.5 Å². The summed E-state index contributed by atoms with van der Waals surface area (Å²) in [5.41, 5.74) is 8.13. The number of carbonyl (C=O) groups excluding carboxylic acids is 2. The average molecular weight is 533 g/mol. The van der Waals surface area contributed by atoms with E-state index < -0.39 is 24.1 Å². The zero-order chi connectivity index (χ0) is 28.1. The molecule has 0 aliphatic heterocycles. The Labute approximate surface area is 223 Å². The maximum Gasteiger partial charge on any atom is 0.302 e. The number of aromatic hydroxyl groups is 1. The monoisotopic (exact) mass is 532 g/mol. The lowest BCUT2D eigenvalue weighted by Crippen LogP contribution is -2.27. The molecule has 38 heavy (non-hydrogen) atoms. The molecule has 0 radical (unpaired) electrons. The predicted octanol–water partition coefficient (Wildman–Crippen LogP) is 3.39. The van der Waals surface area contributed by atoms with Crippen molar-refractivity contribution in [2.24, 2.45) is 5.92 Å². The molecule has 0 amide bonds. The number of rotatable bonds is 16. The molecule has 1 aromatic carbocycles. The van der Waals surface area contributed by atoms with Crippen molar-refractivity contribution < 1.29 is 39.1 Å². The zero-order valence-corrected chi connectivity index (χ0v) is 22.4. The van der Waals surface area contributed by atoms with Crippen molar-refractivity contribution >= 4 is 17.8 Å². The van der Waals surface area contributed by atoms with Gasteiger partial charge in [0.25, 0.3) is 0 Å². The van der Waals surface area contributed by atoms with Crippen molar-refractivity contribution in [1.82, 2.24) is 4.98 Å². The molecule has 3 atom stereocenters. The van der Waals surface area contributed by atoms with Crippen LogP contribution in [-0.4, -0.2) is 64.3 Å². The molecule has 210 valence electrons. The van der Waals surface area contributed by atoms with E-state index >= 15 is 0 Å². The van der Waals surface area contributed by atoms with Crippen LogP contribution < -0.4 is 10.5 Å². The second-order valence-corrected chi connectivity index (χ2v) is 9.29. The van der Waals surface area contributed by atoms with Crippen LogP contribution in [0.2, 0.25) is 0 Å². The van der Waals surface area contributed by atoms with Gasteiger partial charge in [-0.3, -0.25) is 9.59 Å². The number of phenols is 1. The SMILES string of the molecule is CCC(CO)CCC(CC(CCc1cc(OCCO)c(O)cc1-c1ccnc(N)c1)OC(C)=O)OC(C)=O. The van der Waals surface area contributed by atoms with E-state index in [-0.39, 0.29) is 37.2 Å². The van der Waals surface area contributed by atoms with Crippen LogP contribution in [0.5, 0.6) is 11.5 Å². The minimum absolute atomic E-state index is 0.0152. The number of nitrogens with two attached hydrogens (primary N) is 1. The topological polar surface area (TPSA) is 161 Å². The number of aliphatic hydroxyl groups is 2. The molecular weight excluding hydrogens is 492 g/mol. The first-order valence-corrected chi connectivity index (χ1v) is 12.9. The van der Waals surface area contributed by atoms with Crippen LogP contribution in [0.15, 0.2) is 30.5 Å². The minimum atomic E-state index is -0.544. The van der Waals surface area contributed by atoms with Gasteiger partial charge in [0.1, 0.15) is 24.6 Å². The number of nitrogens with zero attached hydrogens (tertiary/aromatic N) is 1. The third kappa shape index (κ3) is 10.2. The molecule has 0 spiro atoms. The minimum Gasteiger partial charge on any atom is -0.504 e. The number of esters is 2. The number of carbonyl (C=O) groups is 2. The Morgan fingerprint density at radius 3 is 2.29 bits per heavy atom. The summed E-state index contributed by atoms with van der Waals surface area (Å²) < 4.78 is 16.6. The highest BCUT2D eigenvalue weighted by atomic mass is 16.6. The summed E-state index contributed by atoms with van der Waals surface area (Å²) in [7, 11) is 0. The molecule has 0 bridgehead atoms. The van der Waals surface area contributed by atoms with Crippen molar-refractivity contribution in [2.75, 3.05) is 25.6 Å². The van der Waals surface area contributed by atoms with Gasteiger partial charge in [0.05, 0.1) is 6.61 Å². The van der Waals surface area contributed by atoms with E-state index in [1.54, 1.807) is 30.5 Å². The molecule has 1 heterocycles. The molecule has 10 heteroatoms. The first-order chi connectivity index (χ1) is 18.2. The van der Waals surface area contributed by atoms with E-state index in [9.17, 15) is 19.8 Å². The van der Waals surface area contributed by atoms with E-state index in [0.29, 0.717) is 43.5 Å². The summed E-state index contributed by atoms with van der Waals surface area (Å²) in [6, 6.07) is 6.73. The predicted molar refractivity (Wildman–Crippen MR) is 142 cm³/mol. The zero-order valence-electron chi connectivity index (χ0n) is 22.4. The summed E-state index contributed by atoms with van der Waals surface area (Å²) in [6.07, 6.45) is 3.73. The number of hydrogen-bond donors (Lipinski definition) is 4. The average Bonchev–Trinajstić information content (AvgIpc) is 2.86. The molecular formula is C28H40N2O8. The van der Waals surface area contributed by atoms with Crippen LogP contribution in [-0.2, 0) is 25.5 Å². The smallest absolute Gasteiger partial charge is 0.302 e. The lowest BCUT2D eigenvalue weighted by atomic mass is 9.93. The number of hydrogen-bond acceptors (Lipinski definition) is 10. The molecule has 0 saturated carbocycles. The van der Waals surface area contributed by atoms with E-state index in [0.717, 1.165) is 17.5 Å². The van der Waals surface area contributed by atoms with Crippen molar-refractivity contribution in [3.63, 3.8) is 0 Å². The Hall–Kier alpha value is -3.37. The normalized spacial score (nSPS) is 13.4. The van der Waals surface area contributed by atoms with Gasteiger partial charge in [0, 0.05) is 33.1 Å². The summed E-state index contributed by atoms with van der Waals surface area (Å²) >= 11 is 0. The standard InChI is InChI=1S/C28H40N2O8/c1-4-20(17-32)5-7-23(37-18(2)33)15-24(38-19(3)34)8-6-21-13-27(36-12-11-31)26(35)16-25(21)22-9-10-30-28(29)14-22/h9-10,13-14,16,20,23-24,31-32,35H,4-8,11-12,15,17H2,1-3H3,(H2,29,30). The maximum absolute atomic E-state index is 11.9. The van der Waals surface area contributed by atoms with Gasteiger partial charge in [-0.1, -0.05) is 13.3 Å². The van der Waals surface area contributed by atoms with Crippen molar-refractivity contribution in [3.05, 3.63) is 36.0 Å². The summed E-state index contributed by atoms with van der Waals surface area (Å²) in [5, 5.41) is 29.2. The van der Waals surface area contributed by atoms with Gasteiger partial charge in [0.2, 0.25) is 0 Å². The Bertz CT molecular complexity index is 1040. The highest BCUT2D eigenvalue weighted by Crippen LogP contribution is 2.36. The van der Waals surface area contributed by atoms with E-state index in [2.05, 4.69) is 4.98 Å². The third-order valence-electron chi connectivity index (χ3n) is 6.28. The van der Waals surface area contributed by atoms with Crippen LogP contribution in [0.4, 0.5) is 5.82 Å². The highest BCUT2D eigenvalue weighted by Gasteiger charge is 2.23. The summed E-state index contributed by atoms with van der Waals surface area (Å²) in [4.78, 5) is 27.7. The molecule has 2 aromatic rings. The maximum atomic E-state index is 11.9. The van der Waals surface area contributed by atoms with Crippen LogP contribution >= 0.6 is 0 Å². The fraction of sp³-hybridized carbons (Fsp3) is 0.536. The molecule has 1 aromatic heterocycles. The first-order valence-electron chi connectivity index (χ1n) is 12.9.